The Hall–Kier alpha value is -2.83. The van der Waals surface area contributed by atoms with E-state index < -0.39 is 11.7 Å². The number of allylic oxidation sites excluding steroid dienone is 1. The molecule has 0 bridgehead atoms. The molecule has 24 heavy (non-hydrogen) atoms. The van der Waals surface area contributed by atoms with Gasteiger partial charge in [0.25, 0.3) is 0 Å². The van der Waals surface area contributed by atoms with Gasteiger partial charge in [-0.25, -0.2) is 4.98 Å². The minimum atomic E-state index is -4.40. The van der Waals surface area contributed by atoms with E-state index in [1.807, 2.05) is 0 Å². The second-order valence-electron chi connectivity index (χ2n) is 5.35. The predicted molar refractivity (Wildman–Crippen MR) is 87.0 cm³/mol. The topological polar surface area (TPSA) is 54.0 Å². The van der Waals surface area contributed by atoms with E-state index in [2.05, 4.69) is 15.6 Å². The number of pyridine rings is 1. The highest BCUT2D eigenvalue weighted by molar-refractivity contribution is 5.99. The normalized spacial score (nSPS) is 10.9. The van der Waals surface area contributed by atoms with Gasteiger partial charge in [-0.1, -0.05) is 11.6 Å². The maximum Gasteiger partial charge on any atom is 0.416 e. The average molecular weight is 335 g/mol. The highest BCUT2D eigenvalue weighted by atomic mass is 19.4. The number of nitrogens with zero attached hydrogens (tertiary/aromatic N) is 1. The third-order valence-corrected chi connectivity index (χ3v) is 2.91. The van der Waals surface area contributed by atoms with Gasteiger partial charge in [0.1, 0.15) is 5.82 Å². The molecule has 0 atom stereocenters. The van der Waals surface area contributed by atoms with Crippen molar-refractivity contribution in [2.75, 3.05) is 10.6 Å². The Balaban J connectivity index is 2.07. The largest absolute Gasteiger partial charge is 0.416 e. The van der Waals surface area contributed by atoms with Crippen molar-refractivity contribution >= 4 is 23.1 Å². The van der Waals surface area contributed by atoms with Crippen LogP contribution in [0.1, 0.15) is 19.4 Å². The average Bonchev–Trinajstić information content (AvgIpc) is 2.48. The number of hydrogen-bond donors (Lipinski definition) is 2. The lowest BCUT2D eigenvalue weighted by atomic mass is 10.2. The Labute approximate surface area is 137 Å². The van der Waals surface area contributed by atoms with Gasteiger partial charge in [-0.3, -0.25) is 4.79 Å². The van der Waals surface area contributed by atoms with Crippen LogP contribution in [-0.2, 0) is 11.0 Å². The number of nitrogens with one attached hydrogen (secondary N) is 2. The molecule has 0 saturated heterocycles. The minimum absolute atomic E-state index is 0.268. The van der Waals surface area contributed by atoms with Gasteiger partial charge in [0.2, 0.25) is 5.91 Å². The Morgan fingerprint density at radius 2 is 1.88 bits per heavy atom. The van der Waals surface area contributed by atoms with Crippen molar-refractivity contribution in [3.05, 3.63) is 59.8 Å². The van der Waals surface area contributed by atoms with Crippen LogP contribution in [0.25, 0.3) is 0 Å². The van der Waals surface area contributed by atoms with Crippen LogP contribution in [-0.4, -0.2) is 10.9 Å². The molecule has 0 fully saturated rings. The van der Waals surface area contributed by atoms with Crippen molar-refractivity contribution in [3.8, 4) is 0 Å². The molecule has 126 valence electrons. The molecule has 2 rings (SSSR count). The van der Waals surface area contributed by atoms with Crippen LogP contribution >= 0.6 is 0 Å². The molecule has 0 spiro atoms. The van der Waals surface area contributed by atoms with Crippen LogP contribution in [0.15, 0.2) is 54.2 Å². The zero-order chi connectivity index (χ0) is 17.7. The monoisotopic (exact) mass is 335 g/mol. The van der Waals surface area contributed by atoms with Crippen LogP contribution in [0.5, 0.6) is 0 Å². The number of aromatic nitrogens is 1. The SMILES string of the molecule is CC(C)=CC(=O)Nc1ccc(Nc2cccc(C(F)(F)F)c2)nc1. The third-order valence-electron chi connectivity index (χ3n) is 2.91. The van der Waals surface area contributed by atoms with E-state index in [0.717, 1.165) is 17.7 Å². The molecular formula is C17H16F3N3O. The fourth-order valence-corrected chi connectivity index (χ4v) is 1.90. The van der Waals surface area contributed by atoms with Crippen molar-refractivity contribution in [2.45, 2.75) is 20.0 Å². The molecule has 7 heteroatoms. The number of benzene rings is 1. The number of rotatable bonds is 4. The molecule has 1 aromatic heterocycles. The van der Waals surface area contributed by atoms with Gasteiger partial charge in [-0.15, -0.1) is 0 Å². The summed E-state index contributed by atoms with van der Waals surface area (Å²) in [6, 6.07) is 8.02. The number of carbonyl (C=O) groups is 1. The number of hydrogen-bond acceptors (Lipinski definition) is 3. The first-order valence-corrected chi connectivity index (χ1v) is 7.10. The fraction of sp³-hybridized carbons (Fsp3) is 0.176. The van der Waals surface area contributed by atoms with Crippen molar-refractivity contribution < 1.29 is 18.0 Å². The first kappa shape index (κ1) is 17.5. The molecule has 4 nitrogen and oxygen atoms in total. The summed E-state index contributed by atoms with van der Waals surface area (Å²) in [4.78, 5) is 15.7. The van der Waals surface area contributed by atoms with Crippen LogP contribution in [0, 0.1) is 0 Å². The van der Waals surface area contributed by atoms with E-state index >= 15 is 0 Å². The third kappa shape index (κ3) is 5.12. The van der Waals surface area contributed by atoms with E-state index in [9.17, 15) is 18.0 Å². The quantitative estimate of drug-likeness (QED) is 0.793. The summed E-state index contributed by atoms with van der Waals surface area (Å²) in [7, 11) is 0. The van der Waals surface area contributed by atoms with Gasteiger partial charge >= 0.3 is 6.18 Å². The number of amides is 1. The molecule has 2 aromatic rings. The maximum absolute atomic E-state index is 12.7. The molecule has 0 aliphatic heterocycles. The van der Waals surface area contributed by atoms with Gasteiger partial charge in [-0.05, 0) is 44.2 Å². The fourth-order valence-electron chi connectivity index (χ4n) is 1.90. The lowest BCUT2D eigenvalue weighted by Crippen LogP contribution is -2.09. The van der Waals surface area contributed by atoms with E-state index in [0.29, 0.717) is 11.5 Å². The Morgan fingerprint density at radius 1 is 1.12 bits per heavy atom. The number of carbonyl (C=O) groups excluding carboxylic acids is 1. The Bertz CT molecular complexity index is 748. The van der Waals surface area contributed by atoms with Crippen molar-refractivity contribution in [2.24, 2.45) is 0 Å². The molecule has 0 radical (unpaired) electrons. The number of halogens is 3. The first-order chi connectivity index (χ1) is 11.2. The summed E-state index contributed by atoms with van der Waals surface area (Å²) in [6.45, 7) is 3.61. The molecule has 0 unspecified atom stereocenters. The predicted octanol–water partition coefficient (Wildman–Crippen LogP) is 4.75. The molecular weight excluding hydrogens is 319 g/mol. The standard InChI is InChI=1S/C17H16F3N3O/c1-11(2)8-16(24)23-14-6-7-15(21-10-14)22-13-5-3-4-12(9-13)17(18,19)20/h3-10H,1-2H3,(H,21,22)(H,23,24). The Kier molecular flexibility index (Phi) is 5.23. The summed E-state index contributed by atoms with van der Waals surface area (Å²) in [5.74, 6) is 0.102. The molecule has 0 saturated carbocycles. The zero-order valence-electron chi connectivity index (χ0n) is 13.1. The second kappa shape index (κ2) is 7.16. The summed E-state index contributed by atoms with van der Waals surface area (Å²) in [6.07, 6.45) is -1.52. The molecule has 1 heterocycles. The minimum Gasteiger partial charge on any atom is -0.340 e. The van der Waals surface area contributed by atoms with E-state index in [1.54, 1.807) is 26.0 Å². The lowest BCUT2D eigenvalue weighted by Gasteiger charge is -2.10. The lowest BCUT2D eigenvalue weighted by molar-refractivity contribution is -0.137. The highest BCUT2D eigenvalue weighted by Gasteiger charge is 2.30. The summed E-state index contributed by atoms with van der Waals surface area (Å²) in [5, 5.41) is 5.43. The van der Waals surface area contributed by atoms with Crippen LogP contribution in [0.4, 0.5) is 30.4 Å². The number of anilines is 3. The highest BCUT2D eigenvalue weighted by Crippen LogP contribution is 2.31. The van der Waals surface area contributed by atoms with E-state index in [4.69, 9.17) is 0 Å². The summed E-state index contributed by atoms with van der Waals surface area (Å²) < 4.78 is 38.0. The molecule has 0 aliphatic carbocycles. The zero-order valence-corrected chi connectivity index (χ0v) is 13.1. The van der Waals surface area contributed by atoms with Gasteiger partial charge in [0, 0.05) is 11.8 Å². The summed E-state index contributed by atoms with van der Waals surface area (Å²) in [5.41, 5.74) is 0.896. The van der Waals surface area contributed by atoms with E-state index in [1.165, 1.54) is 24.4 Å². The van der Waals surface area contributed by atoms with Crippen molar-refractivity contribution in [1.29, 1.82) is 0 Å². The maximum atomic E-state index is 12.7. The first-order valence-electron chi connectivity index (χ1n) is 7.10. The second-order valence-corrected chi connectivity index (χ2v) is 5.35. The van der Waals surface area contributed by atoms with Crippen LogP contribution in [0.2, 0.25) is 0 Å². The molecule has 1 amide bonds. The molecule has 1 aromatic carbocycles. The van der Waals surface area contributed by atoms with Gasteiger partial charge in [0.05, 0.1) is 17.4 Å². The Morgan fingerprint density at radius 3 is 2.46 bits per heavy atom. The molecule has 0 aliphatic rings. The summed E-state index contributed by atoms with van der Waals surface area (Å²) >= 11 is 0. The van der Waals surface area contributed by atoms with Gasteiger partial charge < -0.3 is 10.6 Å². The van der Waals surface area contributed by atoms with Crippen molar-refractivity contribution in [3.63, 3.8) is 0 Å². The smallest absolute Gasteiger partial charge is 0.340 e. The van der Waals surface area contributed by atoms with Gasteiger partial charge in [0.15, 0.2) is 0 Å². The molecule has 2 N–H and O–H groups in total. The van der Waals surface area contributed by atoms with Crippen LogP contribution in [0.3, 0.4) is 0 Å². The van der Waals surface area contributed by atoms with Crippen LogP contribution < -0.4 is 10.6 Å². The van der Waals surface area contributed by atoms with Crippen molar-refractivity contribution in [1.82, 2.24) is 4.98 Å². The number of alkyl halides is 3. The van der Waals surface area contributed by atoms with E-state index in [-0.39, 0.29) is 11.6 Å². The van der Waals surface area contributed by atoms with Gasteiger partial charge in [-0.2, -0.15) is 13.2 Å².